The van der Waals surface area contributed by atoms with Gasteiger partial charge in [0.15, 0.2) is 0 Å². The Labute approximate surface area is 78.0 Å². The van der Waals surface area contributed by atoms with E-state index >= 15 is 0 Å². The Bertz CT molecular complexity index is 284. The van der Waals surface area contributed by atoms with Gasteiger partial charge in [0.2, 0.25) is 0 Å². The molecule has 0 spiro atoms. The van der Waals surface area contributed by atoms with Gasteiger partial charge in [-0.05, 0) is 12.8 Å². The van der Waals surface area contributed by atoms with Gasteiger partial charge >= 0.3 is 0 Å². The van der Waals surface area contributed by atoms with Crippen molar-refractivity contribution in [1.82, 2.24) is 9.78 Å². The highest BCUT2D eigenvalue weighted by atomic mass is 15.3. The molecule has 70 valence electrons. The molecule has 0 saturated carbocycles. The standard InChI is InChI=1S/C9H14N4/c10-4-2-1-3-5-13-8-9(6-11)7-12-13/h7-8H,1-3,5-6,11H2. The summed E-state index contributed by atoms with van der Waals surface area (Å²) < 4.78 is 1.87. The average Bonchev–Trinajstić information content (AvgIpc) is 2.60. The average molecular weight is 178 g/mol. The number of aromatic nitrogens is 2. The number of hydrogen-bond acceptors (Lipinski definition) is 3. The van der Waals surface area contributed by atoms with Crippen molar-refractivity contribution in [3.8, 4) is 6.07 Å². The molecule has 0 fully saturated rings. The Morgan fingerprint density at radius 1 is 1.54 bits per heavy atom. The Morgan fingerprint density at radius 2 is 2.38 bits per heavy atom. The minimum atomic E-state index is 0.540. The lowest BCUT2D eigenvalue weighted by molar-refractivity contribution is 0.561. The molecule has 1 aromatic rings. The van der Waals surface area contributed by atoms with Crippen LogP contribution in [-0.2, 0) is 13.1 Å². The molecule has 1 rings (SSSR count). The monoisotopic (exact) mass is 178 g/mol. The van der Waals surface area contributed by atoms with E-state index in [1.807, 2.05) is 10.9 Å². The molecule has 0 bridgehead atoms. The lowest BCUT2D eigenvalue weighted by atomic mass is 10.2. The number of unbranched alkanes of at least 4 members (excludes halogenated alkanes) is 2. The molecular weight excluding hydrogens is 164 g/mol. The highest BCUT2D eigenvalue weighted by Gasteiger charge is 1.95. The minimum absolute atomic E-state index is 0.540. The quantitative estimate of drug-likeness (QED) is 0.685. The van der Waals surface area contributed by atoms with Crippen molar-refractivity contribution in [3.05, 3.63) is 18.0 Å². The van der Waals surface area contributed by atoms with Crippen molar-refractivity contribution < 1.29 is 0 Å². The number of aryl methyl sites for hydroxylation is 1. The van der Waals surface area contributed by atoms with Crippen LogP contribution in [0, 0.1) is 11.3 Å². The Balaban J connectivity index is 2.25. The summed E-state index contributed by atoms with van der Waals surface area (Å²) in [6.07, 6.45) is 6.30. The van der Waals surface area contributed by atoms with E-state index in [2.05, 4.69) is 11.2 Å². The number of hydrogen-bond donors (Lipinski definition) is 1. The molecule has 0 aliphatic heterocycles. The first-order valence-corrected chi connectivity index (χ1v) is 4.45. The predicted molar refractivity (Wildman–Crippen MR) is 49.6 cm³/mol. The smallest absolute Gasteiger partial charge is 0.0621 e. The molecule has 0 amide bonds. The summed E-state index contributed by atoms with van der Waals surface area (Å²) in [6, 6.07) is 2.12. The van der Waals surface area contributed by atoms with Crippen molar-refractivity contribution in [2.75, 3.05) is 0 Å². The molecule has 0 aliphatic rings. The van der Waals surface area contributed by atoms with Crippen LogP contribution in [0.25, 0.3) is 0 Å². The van der Waals surface area contributed by atoms with Crippen LogP contribution in [0.15, 0.2) is 12.4 Å². The van der Waals surface area contributed by atoms with Crippen LogP contribution in [0.2, 0.25) is 0 Å². The minimum Gasteiger partial charge on any atom is -0.326 e. The Hall–Kier alpha value is -1.34. The van der Waals surface area contributed by atoms with Crippen LogP contribution < -0.4 is 5.73 Å². The van der Waals surface area contributed by atoms with Crippen molar-refractivity contribution in [1.29, 1.82) is 5.26 Å². The van der Waals surface area contributed by atoms with E-state index in [0.717, 1.165) is 24.9 Å². The van der Waals surface area contributed by atoms with Crippen LogP contribution in [0.1, 0.15) is 24.8 Å². The molecule has 0 atom stereocenters. The van der Waals surface area contributed by atoms with Crippen molar-refractivity contribution in [3.63, 3.8) is 0 Å². The summed E-state index contributed by atoms with van der Waals surface area (Å²) in [7, 11) is 0. The van der Waals surface area contributed by atoms with Crippen LogP contribution in [0.3, 0.4) is 0 Å². The van der Waals surface area contributed by atoms with Crippen LogP contribution >= 0.6 is 0 Å². The fraction of sp³-hybridized carbons (Fsp3) is 0.556. The van der Waals surface area contributed by atoms with Crippen LogP contribution in [0.5, 0.6) is 0 Å². The Kier molecular flexibility index (Phi) is 4.00. The van der Waals surface area contributed by atoms with Crippen LogP contribution in [-0.4, -0.2) is 9.78 Å². The summed E-state index contributed by atoms with van der Waals surface area (Å²) in [5, 5.41) is 12.5. The van der Waals surface area contributed by atoms with Crippen molar-refractivity contribution in [2.45, 2.75) is 32.4 Å². The summed E-state index contributed by atoms with van der Waals surface area (Å²) in [4.78, 5) is 0. The first-order valence-electron chi connectivity index (χ1n) is 4.45. The fourth-order valence-corrected chi connectivity index (χ4v) is 1.11. The number of nitriles is 1. The first kappa shape index (κ1) is 9.75. The molecular formula is C9H14N4. The maximum Gasteiger partial charge on any atom is 0.0621 e. The maximum absolute atomic E-state index is 8.32. The van der Waals surface area contributed by atoms with E-state index in [4.69, 9.17) is 11.0 Å². The molecule has 2 N–H and O–H groups in total. The van der Waals surface area contributed by atoms with E-state index < -0.39 is 0 Å². The van der Waals surface area contributed by atoms with Gasteiger partial charge in [-0.1, -0.05) is 0 Å². The van der Waals surface area contributed by atoms with Crippen LogP contribution in [0.4, 0.5) is 0 Å². The first-order chi connectivity index (χ1) is 6.36. The maximum atomic E-state index is 8.32. The third-order valence-corrected chi connectivity index (χ3v) is 1.85. The zero-order valence-corrected chi connectivity index (χ0v) is 7.61. The topological polar surface area (TPSA) is 67.6 Å². The highest BCUT2D eigenvalue weighted by Crippen LogP contribution is 2.00. The van der Waals surface area contributed by atoms with Crippen molar-refractivity contribution in [2.24, 2.45) is 5.73 Å². The molecule has 0 radical (unpaired) electrons. The third kappa shape index (κ3) is 3.26. The van der Waals surface area contributed by atoms with Gasteiger partial charge in [-0.15, -0.1) is 0 Å². The number of nitrogens with zero attached hydrogens (tertiary/aromatic N) is 3. The summed E-state index contributed by atoms with van der Waals surface area (Å²) in [6.45, 7) is 1.42. The van der Waals surface area contributed by atoms with E-state index in [1.54, 1.807) is 6.20 Å². The molecule has 13 heavy (non-hydrogen) atoms. The Morgan fingerprint density at radius 3 is 3.00 bits per heavy atom. The molecule has 0 aliphatic carbocycles. The highest BCUT2D eigenvalue weighted by molar-refractivity contribution is 5.02. The molecule has 1 heterocycles. The second kappa shape index (κ2) is 5.33. The normalized spacial score (nSPS) is 9.85. The van der Waals surface area contributed by atoms with Gasteiger partial charge in [-0.2, -0.15) is 10.4 Å². The van der Waals surface area contributed by atoms with E-state index in [1.165, 1.54) is 0 Å². The number of nitrogens with two attached hydrogens (primary N) is 1. The lowest BCUT2D eigenvalue weighted by Gasteiger charge is -1.97. The summed E-state index contributed by atoms with van der Waals surface area (Å²) in [5.74, 6) is 0. The SMILES string of the molecule is N#CCCCCn1cc(CN)cn1. The zero-order chi connectivity index (χ0) is 9.52. The van der Waals surface area contributed by atoms with Gasteiger partial charge in [-0.25, -0.2) is 0 Å². The zero-order valence-electron chi connectivity index (χ0n) is 7.61. The van der Waals surface area contributed by atoms with Gasteiger partial charge in [0, 0.05) is 31.3 Å². The molecule has 4 nitrogen and oxygen atoms in total. The largest absolute Gasteiger partial charge is 0.326 e. The van der Waals surface area contributed by atoms with E-state index in [9.17, 15) is 0 Å². The van der Waals surface area contributed by atoms with Gasteiger partial charge in [0.05, 0.1) is 12.3 Å². The summed E-state index contributed by atoms with van der Waals surface area (Å²) in [5.41, 5.74) is 6.50. The molecule has 0 unspecified atom stereocenters. The molecule has 1 aromatic heterocycles. The van der Waals surface area contributed by atoms with Gasteiger partial charge in [0.1, 0.15) is 0 Å². The third-order valence-electron chi connectivity index (χ3n) is 1.85. The van der Waals surface area contributed by atoms with E-state index in [0.29, 0.717) is 13.0 Å². The summed E-state index contributed by atoms with van der Waals surface area (Å²) >= 11 is 0. The second-order valence-electron chi connectivity index (χ2n) is 2.93. The second-order valence-corrected chi connectivity index (χ2v) is 2.93. The van der Waals surface area contributed by atoms with Crippen molar-refractivity contribution >= 4 is 0 Å². The predicted octanol–water partition coefficient (Wildman–Crippen LogP) is 1.04. The molecule has 0 aromatic carbocycles. The van der Waals surface area contributed by atoms with E-state index in [-0.39, 0.29) is 0 Å². The van der Waals surface area contributed by atoms with Gasteiger partial charge < -0.3 is 5.73 Å². The number of rotatable bonds is 5. The lowest BCUT2D eigenvalue weighted by Crippen LogP contribution is -1.98. The van der Waals surface area contributed by atoms with Gasteiger partial charge in [0.25, 0.3) is 0 Å². The molecule has 0 saturated heterocycles. The fourth-order valence-electron chi connectivity index (χ4n) is 1.11. The molecule has 4 heteroatoms. The van der Waals surface area contributed by atoms with Gasteiger partial charge in [-0.3, -0.25) is 4.68 Å².